The van der Waals surface area contributed by atoms with Crippen molar-refractivity contribution in [3.8, 4) is 0 Å². The molecule has 3 aromatic rings. The van der Waals surface area contributed by atoms with Crippen molar-refractivity contribution in [2.45, 2.75) is 32.2 Å². The molecule has 1 aliphatic carbocycles. The lowest BCUT2D eigenvalue weighted by atomic mass is 9.96. The maximum atomic E-state index is 4.53. The second kappa shape index (κ2) is 5.08. The first-order chi connectivity index (χ1) is 10.7. The zero-order valence-electron chi connectivity index (χ0n) is 12.9. The number of nitrogens with zero attached hydrogens (tertiary/aromatic N) is 6. The van der Waals surface area contributed by atoms with Crippen LogP contribution in [0.1, 0.15) is 29.8 Å². The predicted molar refractivity (Wildman–Crippen MR) is 83.6 cm³/mol. The molecule has 3 aromatic heterocycles. The molecular weight excluding hydrogens is 278 g/mol. The van der Waals surface area contributed by atoms with Crippen LogP contribution in [0.25, 0.3) is 11.2 Å². The number of aromatic amines is 1. The first-order valence-electron chi connectivity index (χ1n) is 7.62. The topological polar surface area (TPSA) is 75.5 Å². The molecule has 0 spiro atoms. The number of imidazole rings is 1. The van der Waals surface area contributed by atoms with Crippen LogP contribution in [0.15, 0.2) is 12.5 Å². The molecule has 3 heterocycles. The molecule has 7 heteroatoms. The summed E-state index contributed by atoms with van der Waals surface area (Å²) in [6.07, 6.45) is 8.32. The summed E-state index contributed by atoms with van der Waals surface area (Å²) in [5.41, 5.74) is 5.47. The Morgan fingerprint density at radius 2 is 2.14 bits per heavy atom. The Hall–Kier alpha value is -2.44. The molecule has 0 radical (unpaired) electrons. The number of fused-ring (bicyclic) bond motifs is 2. The van der Waals surface area contributed by atoms with Gasteiger partial charge in [0.1, 0.15) is 5.52 Å². The smallest absolute Gasteiger partial charge is 0.227 e. The second-order valence-electron chi connectivity index (χ2n) is 5.92. The number of H-pyrrole nitrogens is 1. The van der Waals surface area contributed by atoms with E-state index in [1.54, 1.807) is 6.33 Å². The number of nitrogens with one attached hydrogen (secondary N) is 1. The van der Waals surface area contributed by atoms with Gasteiger partial charge in [-0.25, -0.2) is 9.97 Å². The first-order valence-corrected chi connectivity index (χ1v) is 7.62. The van der Waals surface area contributed by atoms with Gasteiger partial charge in [0, 0.05) is 19.8 Å². The molecule has 22 heavy (non-hydrogen) atoms. The fourth-order valence-corrected chi connectivity index (χ4v) is 3.06. The van der Waals surface area contributed by atoms with E-state index in [1.165, 1.54) is 24.1 Å². The molecule has 0 aromatic carbocycles. The van der Waals surface area contributed by atoms with Crippen molar-refractivity contribution in [2.75, 3.05) is 11.9 Å². The molecule has 0 atom stereocenters. The number of anilines is 1. The van der Waals surface area contributed by atoms with Gasteiger partial charge < -0.3 is 9.47 Å². The molecule has 0 aliphatic heterocycles. The maximum absolute atomic E-state index is 4.53. The summed E-state index contributed by atoms with van der Waals surface area (Å²) >= 11 is 0. The van der Waals surface area contributed by atoms with Crippen LogP contribution in [-0.4, -0.2) is 36.8 Å². The SMILES string of the molecule is CN(Cc1n[nH]c2c1CCCC2)c1ncc2c(ncn2C)n1. The van der Waals surface area contributed by atoms with Gasteiger partial charge in [-0.2, -0.15) is 10.1 Å². The lowest BCUT2D eigenvalue weighted by Crippen LogP contribution is -2.20. The highest BCUT2D eigenvalue weighted by molar-refractivity contribution is 5.70. The van der Waals surface area contributed by atoms with Gasteiger partial charge in [0.15, 0.2) is 5.65 Å². The Bertz CT molecular complexity index is 817. The van der Waals surface area contributed by atoms with Crippen molar-refractivity contribution in [3.05, 3.63) is 29.5 Å². The molecule has 1 N–H and O–H groups in total. The van der Waals surface area contributed by atoms with Crippen molar-refractivity contribution in [1.82, 2.24) is 29.7 Å². The summed E-state index contributed by atoms with van der Waals surface area (Å²) in [5.74, 6) is 0.679. The van der Waals surface area contributed by atoms with Gasteiger partial charge in [-0.15, -0.1) is 0 Å². The molecule has 0 saturated carbocycles. The van der Waals surface area contributed by atoms with Crippen LogP contribution in [0.2, 0.25) is 0 Å². The number of aromatic nitrogens is 6. The van der Waals surface area contributed by atoms with Gasteiger partial charge >= 0.3 is 0 Å². The molecule has 0 amide bonds. The van der Waals surface area contributed by atoms with E-state index in [-0.39, 0.29) is 0 Å². The standard InChI is InChI=1S/C15H19N7/c1-21(8-12-10-5-3-4-6-11(10)19-20-12)15-16-7-13-14(18-15)17-9-22(13)2/h7,9H,3-6,8H2,1-2H3,(H,19,20). The van der Waals surface area contributed by atoms with E-state index in [9.17, 15) is 0 Å². The Labute approximate surface area is 128 Å². The van der Waals surface area contributed by atoms with Crippen LogP contribution in [-0.2, 0) is 26.4 Å². The van der Waals surface area contributed by atoms with E-state index in [2.05, 4.69) is 25.1 Å². The van der Waals surface area contributed by atoms with Crippen molar-refractivity contribution in [3.63, 3.8) is 0 Å². The highest BCUT2D eigenvalue weighted by Gasteiger charge is 2.18. The molecule has 4 rings (SSSR count). The molecule has 0 saturated heterocycles. The summed E-state index contributed by atoms with van der Waals surface area (Å²) in [7, 11) is 3.94. The van der Waals surface area contributed by atoms with Crippen molar-refractivity contribution in [2.24, 2.45) is 7.05 Å². The second-order valence-corrected chi connectivity index (χ2v) is 5.92. The quantitative estimate of drug-likeness (QED) is 0.794. The van der Waals surface area contributed by atoms with Gasteiger partial charge in [-0.3, -0.25) is 5.10 Å². The fraction of sp³-hybridized carbons (Fsp3) is 0.467. The number of aryl methyl sites for hydroxylation is 2. The van der Waals surface area contributed by atoms with E-state index < -0.39 is 0 Å². The summed E-state index contributed by atoms with van der Waals surface area (Å²) in [6.45, 7) is 0.712. The molecule has 0 fully saturated rings. The van der Waals surface area contributed by atoms with Crippen LogP contribution >= 0.6 is 0 Å². The van der Waals surface area contributed by atoms with Gasteiger partial charge in [0.2, 0.25) is 5.95 Å². The number of hydrogen-bond donors (Lipinski definition) is 1. The Kier molecular flexibility index (Phi) is 3.06. The van der Waals surface area contributed by atoms with E-state index in [1.807, 2.05) is 29.8 Å². The minimum atomic E-state index is 0.679. The van der Waals surface area contributed by atoms with E-state index >= 15 is 0 Å². The normalized spacial score (nSPS) is 14.3. The Morgan fingerprint density at radius 1 is 1.27 bits per heavy atom. The highest BCUT2D eigenvalue weighted by atomic mass is 15.3. The fourth-order valence-electron chi connectivity index (χ4n) is 3.06. The first kappa shape index (κ1) is 13.2. The average Bonchev–Trinajstić information content (AvgIpc) is 3.12. The predicted octanol–water partition coefficient (Wildman–Crippen LogP) is 1.60. The van der Waals surface area contributed by atoms with Crippen LogP contribution in [0, 0.1) is 0 Å². The largest absolute Gasteiger partial charge is 0.338 e. The van der Waals surface area contributed by atoms with Gasteiger partial charge in [-0.05, 0) is 31.2 Å². The van der Waals surface area contributed by atoms with Crippen molar-refractivity contribution >= 4 is 17.1 Å². The average molecular weight is 297 g/mol. The zero-order chi connectivity index (χ0) is 15.1. The molecule has 0 bridgehead atoms. The van der Waals surface area contributed by atoms with Crippen LogP contribution in [0.4, 0.5) is 5.95 Å². The van der Waals surface area contributed by atoms with E-state index in [0.29, 0.717) is 12.5 Å². The Morgan fingerprint density at radius 3 is 3.05 bits per heavy atom. The molecule has 1 aliphatic rings. The monoisotopic (exact) mass is 297 g/mol. The van der Waals surface area contributed by atoms with Gasteiger partial charge in [0.05, 0.1) is 24.8 Å². The van der Waals surface area contributed by atoms with Gasteiger partial charge in [-0.1, -0.05) is 0 Å². The van der Waals surface area contributed by atoms with Gasteiger partial charge in [0.25, 0.3) is 0 Å². The third-order valence-electron chi connectivity index (χ3n) is 4.34. The molecule has 0 unspecified atom stereocenters. The van der Waals surface area contributed by atoms with Crippen LogP contribution < -0.4 is 4.90 Å². The maximum Gasteiger partial charge on any atom is 0.227 e. The summed E-state index contributed by atoms with van der Waals surface area (Å²) in [6, 6.07) is 0. The lowest BCUT2D eigenvalue weighted by Gasteiger charge is -2.17. The summed E-state index contributed by atoms with van der Waals surface area (Å²) in [5, 5.41) is 7.67. The molecular formula is C15H19N7. The summed E-state index contributed by atoms with van der Waals surface area (Å²) < 4.78 is 1.92. The molecule has 114 valence electrons. The zero-order valence-corrected chi connectivity index (χ0v) is 12.9. The number of rotatable bonds is 3. The van der Waals surface area contributed by atoms with E-state index in [0.717, 1.165) is 29.7 Å². The van der Waals surface area contributed by atoms with Crippen molar-refractivity contribution in [1.29, 1.82) is 0 Å². The highest BCUT2D eigenvalue weighted by Crippen LogP contribution is 2.23. The minimum Gasteiger partial charge on any atom is -0.338 e. The minimum absolute atomic E-state index is 0.679. The van der Waals surface area contributed by atoms with Crippen LogP contribution in [0.3, 0.4) is 0 Å². The van der Waals surface area contributed by atoms with E-state index in [4.69, 9.17) is 0 Å². The third-order valence-corrected chi connectivity index (χ3v) is 4.34. The lowest BCUT2D eigenvalue weighted by molar-refractivity contribution is 0.671. The van der Waals surface area contributed by atoms with Crippen LogP contribution in [0.5, 0.6) is 0 Å². The third kappa shape index (κ3) is 2.13. The molecule has 7 nitrogen and oxygen atoms in total. The Balaban J connectivity index is 1.60. The van der Waals surface area contributed by atoms with Crippen molar-refractivity contribution < 1.29 is 0 Å². The number of hydrogen-bond acceptors (Lipinski definition) is 5. The summed E-state index contributed by atoms with van der Waals surface area (Å²) in [4.78, 5) is 15.3.